The van der Waals surface area contributed by atoms with Crippen LogP contribution in [0.3, 0.4) is 0 Å². The molecule has 0 N–H and O–H groups in total. The van der Waals surface area contributed by atoms with Crippen LogP contribution in [0.2, 0.25) is 0 Å². The molecule has 1 aromatic rings. The number of rotatable bonds is 2. The van der Waals surface area contributed by atoms with E-state index in [9.17, 15) is 13.2 Å². The van der Waals surface area contributed by atoms with E-state index in [4.69, 9.17) is 15.9 Å². The number of nitriles is 1. The van der Waals surface area contributed by atoms with Gasteiger partial charge in [-0.3, -0.25) is 4.79 Å². The summed E-state index contributed by atoms with van der Waals surface area (Å²) in [6, 6.07) is 4.16. The molecular formula is C8H3BrClNO3S. The Morgan fingerprint density at radius 1 is 1.47 bits per heavy atom. The van der Waals surface area contributed by atoms with Crippen molar-refractivity contribution >= 4 is 41.9 Å². The van der Waals surface area contributed by atoms with Gasteiger partial charge in [0.2, 0.25) is 0 Å². The van der Waals surface area contributed by atoms with Crippen molar-refractivity contribution in [2.45, 2.75) is 4.90 Å². The fourth-order valence-corrected chi connectivity index (χ4v) is 2.73. The lowest BCUT2D eigenvalue weighted by molar-refractivity contribution is 0.112. The van der Waals surface area contributed by atoms with Crippen LogP contribution in [-0.2, 0) is 9.05 Å². The first-order valence-corrected chi connectivity index (χ1v) is 6.64. The molecule has 0 saturated heterocycles. The zero-order valence-electron chi connectivity index (χ0n) is 7.07. The first kappa shape index (κ1) is 12.2. The molecule has 0 unspecified atom stereocenters. The Morgan fingerprint density at radius 3 is 2.47 bits per heavy atom. The van der Waals surface area contributed by atoms with Gasteiger partial charge in [-0.1, -0.05) is 0 Å². The molecule has 0 saturated carbocycles. The molecule has 7 heteroatoms. The van der Waals surface area contributed by atoms with Gasteiger partial charge >= 0.3 is 0 Å². The number of hydrogen-bond donors (Lipinski definition) is 0. The summed E-state index contributed by atoms with van der Waals surface area (Å²) in [7, 11) is 1.09. The van der Waals surface area contributed by atoms with Crippen LogP contribution in [0, 0.1) is 11.3 Å². The molecule has 0 aromatic heterocycles. The van der Waals surface area contributed by atoms with Crippen LogP contribution < -0.4 is 0 Å². The lowest BCUT2D eigenvalue weighted by atomic mass is 10.2. The molecule has 0 aliphatic rings. The molecule has 0 radical (unpaired) electrons. The first-order chi connectivity index (χ1) is 6.90. The highest BCUT2D eigenvalue weighted by atomic mass is 79.9. The molecule has 4 nitrogen and oxygen atoms in total. The standard InChI is InChI=1S/C8H3BrClNO3S/c9-7-1-5(3-11)2-8(6(7)4-12)15(10,13)14/h1-2,4H. The SMILES string of the molecule is N#Cc1cc(Br)c(C=O)c(S(=O)(=O)Cl)c1. The predicted octanol–water partition coefficient (Wildman–Crippen LogP) is 2.06. The van der Waals surface area contributed by atoms with Crippen molar-refractivity contribution in [3.05, 3.63) is 27.7 Å². The van der Waals surface area contributed by atoms with Gasteiger partial charge in [0.25, 0.3) is 9.05 Å². The highest BCUT2D eigenvalue weighted by Crippen LogP contribution is 2.27. The van der Waals surface area contributed by atoms with Crippen molar-refractivity contribution in [1.29, 1.82) is 5.26 Å². The zero-order valence-corrected chi connectivity index (χ0v) is 10.2. The molecule has 1 rings (SSSR count). The quantitative estimate of drug-likeness (QED) is 0.619. The lowest BCUT2D eigenvalue weighted by Crippen LogP contribution is -1.99. The van der Waals surface area contributed by atoms with Crippen LogP contribution in [0.25, 0.3) is 0 Å². The molecule has 0 heterocycles. The van der Waals surface area contributed by atoms with Crippen molar-refractivity contribution in [3.63, 3.8) is 0 Å². The smallest absolute Gasteiger partial charge is 0.262 e. The maximum Gasteiger partial charge on any atom is 0.262 e. The van der Waals surface area contributed by atoms with Gasteiger partial charge < -0.3 is 0 Å². The Morgan fingerprint density at radius 2 is 2.07 bits per heavy atom. The molecule has 0 fully saturated rings. The Bertz CT molecular complexity index is 562. The van der Waals surface area contributed by atoms with Crippen LogP contribution in [0.5, 0.6) is 0 Å². The van der Waals surface area contributed by atoms with E-state index in [0.717, 1.165) is 6.07 Å². The fourth-order valence-electron chi connectivity index (χ4n) is 0.973. The Hall–Kier alpha value is -0.900. The number of hydrogen-bond acceptors (Lipinski definition) is 4. The van der Waals surface area contributed by atoms with E-state index in [1.165, 1.54) is 6.07 Å². The summed E-state index contributed by atoms with van der Waals surface area (Å²) in [6.07, 6.45) is 0.362. The minimum Gasteiger partial charge on any atom is -0.298 e. The van der Waals surface area contributed by atoms with E-state index < -0.39 is 9.05 Å². The van der Waals surface area contributed by atoms with Crippen LogP contribution in [0.1, 0.15) is 15.9 Å². The zero-order chi connectivity index (χ0) is 11.6. The van der Waals surface area contributed by atoms with Crippen molar-refractivity contribution in [3.8, 4) is 6.07 Å². The highest BCUT2D eigenvalue weighted by molar-refractivity contribution is 9.10. The van der Waals surface area contributed by atoms with E-state index >= 15 is 0 Å². The summed E-state index contributed by atoms with van der Waals surface area (Å²) in [5.41, 5.74) is 0.00991. The maximum atomic E-state index is 11.1. The average Bonchev–Trinajstić information content (AvgIpc) is 2.15. The summed E-state index contributed by atoms with van der Waals surface area (Å²) >= 11 is 2.99. The molecule has 78 valence electrons. The number of aldehydes is 1. The number of benzene rings is 1. The van der Waals surface area contributed by atoms with Gasteiger partial charge in [-0.25, -0.2) is 8.42 Å². The summed E-state index contributed by atoms with van der Waals surface area (Å²) in [5, 5.41) is 8.62. The summed E-state index contributed by atoms with van der Waals surface area (Å²) in [6.45, 7) is 0. The predicted molar refractivity (Wildman–Crippen MR) is 57.3 cm³/mol. The maximum absolute atomic E-state index is 11.1. The van der Waals surface area contributed by atoms with Gasteiger partial charge in [-0.05, 0) is 28.1 Å². The van der Waals surface area contributed by atoms with Crippen molar-refractivity contribution in [2.75, 3.05) is 0 Å². The Labute approximate surface area is 99.0 Å². The number of carbonyl (C=O) groups is 1. The summed E-state index contributed by atoms with van der Waals surface area (Å²) < 4.78 is 22.4. The molecule has 0 aliphatic heterocycles. The van der Waals surface area contributed by atoms with E-state index in [0.29, 0.717) is 6.29 Å². The van der Waals surface area contributed by atoms with Gasteiger partial charge in [0, 0.05) is 20.7 Å². The fraction of sp³-hybridized carbons (Fsp3) is 0. The molecule has 0 spiro atoms. The van der Waals surface area contributed by atoms with E-state index in [-0.39, 0.29) is 20.5 Å². The van der Waals surface area contributed by atoms with Crippen LogP contribution in [0.15, 0.2) is 21.5 Å². The largest absolute Gasteiger partial charge is 0.298 e. The average molecular weight is 309 g/mol. The lowest BCUT2D eigenvalue weighted by Gasteiger charge is -2.03. The normalized spacial score (nSPS) is 10.7. The highest BCUT2D eigenvalue weighted by Gasteiger charge is 2.19. The Kier molecular flexibility index (Phi) is 3.50. The first-order valence-electron chi connectivity index (χ1n) is 3.53. The van der Waals surface area contributed by atoms with E-state index in [2.05, 4.69) is 15.9 Å². The molecule has 0 bridgehead atoms. The van der Waals surface area contributed by atoms with Gasteiger partial charge in [-0.2, -0.15) is 5.26 Å². The van der Waals surface area contributed by atoms with Crippen LogP contribution in [0.4, 0.5) is 0 Å². The second-order valence-corrected chi connectivity index (χ2v) is 5.93. The van der Waals surface area contributed by atoms with Crippen molar-refractivity contribution < 1.29 is 13.2 Å². The van der Waals surface area contributed by atoms with E-state index in [1.54, 1.807) is 6.07 Å². The Balaban J connectivity index is 3.70. The minimum atomic E-state index is -4.04. The van der Waals surface area contributed by atoms with Gasteiger partial charge in [0.15, 0.2) is 6.29 Å². The molecule has 15 heavy (non-hydrogen) atoms. The minimum absolute atomic E-state index is 0.0935. The number of carbonyl (C=O) groups excluding carboxylic acids is 1. The summed E-state index contributed by atoms with van der Waals surface area (Å²) in [5.74, 6) is 0. The molecular weight excluding hydrogens is 306 g/mol. The van der Waals surface area contributed by atoms with Gasteiger partial charge in [0.1, 0.15) is 0 Å². The monoisotopic (exact) mass is 307 g/mol. The van der Waals surface area contributed by atoms with Crippen molar-refractivity contribution in [2.24, 2.45) is 0 Å². The number of nitrogens with zero attached hydrogens (tertiary/aromatic N) is 1. The van der Waals surface area contributed by atoms with Crippen LogP contribution >= 0.6 is 26.6 Å². The van der Waals surface area contributed by atoms with Gasteiger partial charge in [-0.15, -0.1) is 0 Å². The van der Waals surface area contributed by atoms with Gasteiger partial charge in [0.05, 0.1) is 16.5 Å². The molecule has 0 atom stereocenters. The number of halogens is 2. The second kappa shape index (κ2) is 4.31. The van der Waals surface area contributed by atoms with E-state index in [1.807, 2.05) is 0 Å². The van der Waals surface area contributed by atoms with Crippen LogP contribution in [-0.4, -0.2) is 14.7 Å². The molecule has 0 amide bonds. The second-order valence-electron chi connectivity index (χ2n) is 2.54. The molecule has 0 aliphatic carbocycles. The van der Waals surface area contributed by atoms with Crippen molar-refractivity contribution in [1.82, 2.24) is 0 Å². The third-order valence-corrected chi connectivity index (χ3v) is 3.62. The molecule has 1 aromatic carbocycles. The third-order valence-electron chi connectivity index (χ3n) is 1.60. The summed E-state index contributed by atoms with van der Waals surface area (Å²) in [4.78, 5) is 10.3. The third kappa shape index (κ3) is 2.56. The topological polar surface area (TPSA) is 75.0 Å².